The van der Waals surface area contributed by atoms with Gasteiger partial charge in [-0.2, -0.15) is 0 Å². The number of aryl methyl sites for hydroxylation is 1. The lowest BCUT2D eigenvalue weighted by Crippen LogP contribution is -2.09. The third kappa shape index (κ3) is 2.93. The van der Waals surface area contributed by atoms with Gasteiger partial charge in [0, 0.05) is 11.8 Å². The van der Waals surface area contributed by atoms with Gasteiger partial charge in [0.1, 0.15) is 5.82 Å². The van der Waals surface area contributed by atoms with Crippen molar-refractivity contribution in [2.45, 2.75) is 19.9 Å². The molecule has 0 radical (unpaired) electrons. The fourth-order valence-corrected chi connectivity index (χ4v) is 2.03. The molecule has 20 heavy (non-hydrogen) atoms. The van der Waals surface area contributed by atoms with E-state index in [1.807, 2.05) is 0 Å². The number of nitro benzene ring substituents is 1. The molecule has 2 aromatic carbocycles. The normalized spacial score (nSPS) is 11.9. The van der Waals surface area contributed by atoms with E-state index in [4.69, 9.17) is 0 Å². The average molecular weight is 274 g/mol. The van der Waals surface area contributed by atoms with Crippen molar-refractivity contribution in [3.63, 3.8) is 0 Å². The van der Waals surface area contributed by atoms with E-state index >= 15 is 0 Å². The van der Waals surface area contributed by atoms with Crippen LogP contribution in [0.25, 0.3) is 0 Å². The van der Waals surface area contributed by atoms with Crippen LogP contribution >= 0.6 is 0 Å². The van der Waals surface area contributed by atoms with Crippen molar-refractivity contribution in [1.82, 2.24) is 0 Å². The van der Waals surface area contributed by atoms with Gasteiger partial charge in [0.25, 0.3) is 5.69 Å². The van der Waals surface area contributed by atoms with Crippen molar-refractivity contribution in [2.24, 2.45) is 0 Å². The maximum absolute atomic E-state index is 13.5. The minimum absolute atomic E-state index is 0.0556. The average Bonchev–Trinajstić information content (AvgIpc) is 2.43. The van der Waals surface area contributed by atoms with E-state index in [1.54, 1.807) is 44.2 Å². The Morgan fingerprint density at radius 1 is 1.25 bits per heavy atom. The van der Waals surface area contributed by atoms with Crippen LogP contribution in [-0.2, 0) is 0 Å². The number of nitrogens with one attached hydrogen (secondary N) is 1. The van der Waals surface area contributed by atoms with Gasteiger partial charge in [0.2, 0.25) is 0 Å². The second-order valence-corrected chi connectivity index (χ2v) is 4.65. The summed E-state index contributed by atoms with van der Waals surface area (Å²) in [7, 11) is 0. The predicted molar refractivity (Wildman–Crippen MR) is 76.3 cm³/mol. The second kappa shape index (κ2) is 5.69. The Morgan fingerprint density at radius 3 is 2.60 bits per heavy atom. The molecule has 104 valence electrons. The molecule has 1 N–H and O–H groups in total. The predicted octanol–water partition coefficient (Wildman–Crippen LogP) is 4.22. The highest BCUT2D eigenvalue weighted by Gasteiger charge is 2.18. The maximum atomic E-state index is 13.5. The van der Waals surface area contributed by atoms with Crippen LogP contribution in [0.15, 0.2) is 42.5 Å². The Bertz CT molecular complexity index is 644. The molecule has 0 fully saturated rings. The van der Waals surface area contributed by atoms with Crippen LogP contribution in [0.5, 0.6) is 0 Å². The second-order valence-electron chi connectivity index (χ2n) is 4.65. The van der Waals surface area contributed by atoms with E-state index in [1.165, 1.54) is 12.1 Å². The molecule has 0 aromatic heterocycles. The fraction of sp³-hybridized carbons (Fsp3) is 0.200. The third-order valence-electron chi connectivity index (χ3n) is 3.15. The van der Waals surface area contributed by atoms with Crippen LogP contribution in [-0.4, -0.2) is 4.92 Å². The van der Waals surface area contributed by atoms with Crippen LogP contribution in [0, 0.1) is 22.9 Å². The Labute approximate surface area is 116 Å². The highest BCUT2D eigenvalue weighted by molar-refractivity contribution is 5.50. The molecule has 0 amide bonds. The summed E-state index contributed by atoms with van der Waals surface area (Å²) in [5, 5.41) is 14.1. The van der Waals surface area contributed by atoms with E-state index in [2.05, 4.69) is 5.32 Å². The molecule has 0 saturated carbocycles. The molecule has 2 aromatic rings. The zero-order valence-electron chi connectivity index (χ0n) is 11.3. The van der Waals surface area contributed by atoms with Crippen molar-refractivity contribution in [3.05, 3.63) is 69.5 Å². The minimum atomic E-state index is -0.413. The number of nitro groups is 1. The zero-order chi connectivity index (χ0) is 14.7. The summed E-state index contributed by atoms with van der Waals surface area (Å²) in [5.41, 5.74) is 1.78. The molecule has 2 rings (SSSR count). The number of para-hydroxylation sites is 1. The molecule has 0 aliphatic heterocycles. The molecular formula is C15H15FN2O2. The van der Waals surface area contributed by atoms with Crippen LogP contribution < -0.4 is 5.32 Å². The Balaban J connectivity index is 2.26. The van der Waals surface area contributed by atoms with E-state index in [-0.39, 0.29) is 17.5 Å². The van der Waals surface area contributed by atoms with Gasteiger partial charge >= 0.3 is 0 Å². The molecule has 0 aliphatic carbocycles. The van der Waals surface area contributed by atoms with E-state index in [9.17, 15) is 14.5 Å². The molecular weight excluding hydrogens is 259 g/mol. The number of hydrogen-bond acceptors (Lipinski definition) is 3. The fourth-order valence-electron chi connectivity index (χ4n) is 2.03. The van der Waals surface area contributed by atoms with Gasteiger partial charge in [-0.1, -0.05) is 24.3 Å². The number of hydrogen-bond donors (Lipinski definition) is 1. The Morgan fingerprint density at radius 2 is 1.95 bits per heavy atom. The molecule has 0 saturated heterocycles. The molecule has 0 aliphatic rings. The first-order valence-electron chi connectivity index (χ1n) is 6.25. The van der Waals surface area contributed by atoms with E-state index < -0.39 is 4.92 Å². The summed E-state index contributed by atoms with van der Waals surface area (Å²) in [6.07, 6.45) is 0. The standard InChI is InChI=1S/C15H15FN2O2/c1-10-7-8-12(9-14(10)16)17-11(2)13-5-3-4-6-15(13)18(19)20/h3-9,11,17H,1-2H3. The summed E-state index contributed by atoms with van der Waals surface area (Å²) in [5.74, 6) is -0.301. The summed E-state index contributed by atoms with van der Waals surface area (Å²) >= 11 is 0. The minimum Gasteiger partial charge on any atom is -0.378 e. The molecule has 0 heterocycles. The van der Waals surface area contributed by atoms with Gasteiger partial charge in [-0.15, -0.1) is 0 Å². The summed E-state index contributed by atoms with van der Waals surface area (Å²) < 4.78 is 13.5. The number of rotatable bonds is 4. The zero-order valence-corrected chi connectivity index (χ0v) is 11.3. The number of anilines is 1. The van der Waals surface area contributed by atoms with Gasteiger partial charge in [-0.3, -0.25) is 10.1 Å². The Hall–Kier alpha value is -2.43. The van der Waals surface area contributed by atoms with Crippen LogP contribution in [0.3, 0.4) is 0 Å². The summed E-state index contributed by atoms with van der Waals surface area (Å²) in [6.45, 7) is 3.49. The van der Waals surface area contributed by atoms with Crippen LogP contribution in [0.1, 0.15) is 24.1 Å². The van der Waals surface area contributed by atoms with Gasteiger partial charge < -0.3 is 5.32 Å². The first-order valence-corrected chi connectivity index (χ1v) is 6.25. The van der Waals surface area contributed by atoms with Crippen LogP contribution in [0.2, 0.25) is 0 Å². The highest BCUT2D eigenvalue weighted by Crippen LogP contribution is 2.27. The Kier molecular flexibility index (Phi) is 3.98. The summed E-state index contributed by atoms with van der Waals surface area (Å²) in [4.78, 5) is 10.6. The number of benzene rings is 2. The number of halogens is 1. The number of nitrogens with zero attached hydrogens (tertiary/aromatic N) is 1. The van der Waals surface area contributed by atoms with Crippen molar-refractivity contribution >= 4 is 11.4 Å². The van der Waals surface area contributed by atoms with Crippen molar-refractivity contribution in [2.75, 3.05) is 5.32 Å². The lowest BCUT2D eigenvalue weighted by Gasteiger charge is -2.16. The molecule has 1 unspecified atom stereocenters. The lowest BCUT2D eigenvalue weighted by molar-refractivity contribution is -0.385. The topological polar surface area (TPSA) is 55.2 Å². The van der Waals surface area contributed by atoms with E-state index in [0.717, 1.165) is 0 Å². The highest BCUT2D eigenvalue weighted by atomic mass is 19.1. The maximum Gasteiger partial charge on any atom is 0.274 e. The molecule has 4 nitrogen and oxygen atoms in total. The first-order chi connectivity index (χ1) is 9.49. The third-order valence-corrected chi connectivity index (χ3v) is 3.15. The monoisotopic (exact) mass is 274 g/mol. The smallest absolute Gasteiger partial charge is 0.274 e. The first kappa shape index (κ1) is 14.0. The molecule has 0 bridgehead atoms. The van der Waals surface area contributed by atoms with E-state index in [0.29, 0.717) is 16.8 Å². The van der Waals surface area contributed by atoms with Crippen LogP contribution in [0.4, 0.5) is 15.8 Å². The van der Waals surface area contributed by atoms with Gasteiger partial charge in [-0.05, 0) is 31.5 Å². The molecule has 0 spiro atoms. The lowest BCUT2D eigenvalue weighted by atomic mass is 10.1. The molecule has 5 heteroatoms. The van der Waals surface area contributed by atoms with Gasteiger partial charge in [-0.25, -0.2) is 4.39 Å². The SMILES string of the molecule is Cc1ccc(NC(C)c2ccccc2[N+](=O)[O-])cc1F. The van der Waals surface area contributed by atoms with Crippen molar-refractivity contribution in [3.8, 4) is 0 Å². The molecule has 1 atom stereocenters. The summed E-state index contributed by atoms with van der Waals surface area (Å²) in [6, 6.07) is 11.0. The quantitative estimate of drug-likeness (QED) is 0.671. The largest absolute Gasteiger partial charge is 0.378 e. The van der Waals surface area contributed by atoms with Crippen molar-refractivity contribution < 1.29 is 9.31 Å². The van der Waals surface area contributed by atoms with Gasteiger partial charge in [0.05, 0.1) is 16.5 Å². The van der Waals surface area contributed by atoms with Crippen molar-refractivity contribution in [1.29, 1.82) is 0 Å². The van der Waals surface area contributed by atoms with Gasteiger partial charge in [0.15, 0.2) is 0 Å².